The molecule has 1 aliphatic rings. The van der Waals surface area contributed by atoms with E-state index in [0.29, 0.717) is 11.1 Å². The Morgan fingerprint density at radius 3 is 2.05 bits per heavy atom. The SMILES string of the molecule is Cl.N=c1nccccc1N1C(=O)c2ccccc2C1=O. The summed E-state index contributed by atoms with van der Waals surface area (Å²) in [6, 6.07) is 11.4. The van der Waals surface area contributed by atoms with Gasteiger partial charge >= 0.3 is 0 Å². The summed E-state index contributed by atoms with van der Waals surface area (Å²) < 4.78 is 0. The molecule has 0 spiro atoms. The molecule has 0 atom stereocenters. The van der Waals surface area contributed by atoms with Crippen LogP contribution in [0, 0.1) is 5.41 Å². The molecule has 2 aromatic rings. The molecule has 20 heavy (non-hydrogen) atoms. The molecule has 1 aliphatic heterocycles. The van der Waals surface area contributed by atoms with E-state index in [4.69, 9.17) is 5.41 Å². The lowest BCUT2D eigenvalue weighted by Crippen LogP contribution is -2.33. The van der Waals surface area contributed by atoms with Crippen molar-refractivity contribution in [1.82, 2.24) is 4.98 Å². The number of halogens is 1. The first kappa shape index (κ1) is 13.9. The minimum atomic E-state index is -0.415. The van der Waals surface area contributed by atoms with Gasteiger partial charge < -0.3 is 0 Å². The Labute approximate surface area is 120 Å². The van der Waals surface area contributed by atoms with Crippen molar-refractivity contribution < 1.29 is 9.59 Å². The fraction of sp³-hybridized carbons (Fsp3) is 0. The highest BCUT2D eigenvalue weighted by Crippen LogP contribution is 2.25. The van der Waals surface area contributed by atoms with Gasteiger partial charge in [-0.15, -0.1) is 12.4 Å². The molecular weight excluding hydrogens is 278 g/mol. The van der Waals surface area contributed by atoms with Gasteiger partial charge in [0, 0.05) is 6.20 Å². The average molecular weight is 288 g/mol. The maximum atomic E-state index is 12.3. The zero-order valence-corrected chi connectivity index (χ0v) is 11.1. The first-order valence-corrected chi connectivity index (χ1v) is 5.68. The summed E-state index contributed by atoms with van der Waals surface area (Å²) >= 11 is 0. The number of rotatable bonds is 1. The van der Waals surface area contributed by atoms with Crippen LogP contribution in [0.4, 0.5) is 5.69 Å². The maximum Gasteiger partial charge on any atom is 0.266 e. The normalized spacial score (nSPS) is 12.9. The molecule has 2 amide bonds. The van der Waals surface area contributed by atoms with E-state index < -0.39 is 11.8 Å². The number of benzene rings is 1. The summed E-state index contributed by atoms with van der Waals surface area (Å²) in [4.78, 5) is 29.4. The second-order valence-corrected chi connectivity index (χ2v) is 4.05. The summed E-state index contributed by atoms with van der Waals surface area (Å²) in [6.07, 6.45) is 1.45. The maximum absolute atomic E-state index is 12.3. The Morgan fingerprint density at radius 2 is 1.45 bits per heavy atom. The molecule has 3 rings (SSSR count). The topological polar surface area (TPSA) is 74.1 Å². The van der Waals surface area contributed by atoms with Crippen LogP contribution in [0.3, 0.4) is 0 Å². The molecule has 0 fully saturated rings. The summed E-state index contributed by atoms with van der Waals surface area (Å²) in [7, 11) is 0. The monoisotopic (exact) mass is 287 g/mol. The summed E-state index contributed by atoms with van der Waals surface area (Å²) in [6.45, 7) is 0. The third-order valence-electron chi connectivity index (χ3n) is 2.93. The van der Waals surface area contributed by atoms with Crippen molar-refractivity contribution in [3.8, 4) is 0 Å². The Bertz CT molecular complexity index is 726. The molecule has 5 nitrogen and oxygen atoms in total. The molecule has 0 bridgehead atoms. The molecule has 0 radical (unpaired) electrons. The molecular formula is C14H10ClN3O2. The van der Waals surface area contributed by atoms with Crippen molar-refractivity contribution in [1.29, 1.82) is 5.41 Å². The van der Waals surface area contributed by atoms with Crippen LogP contribution < -0.4 is 10.4 Å². The van der Waals surface area contributed by atoms with E-state index in [9.17, 15) is 9.59 Å². The number of imide groups is 1. The largest absolute Gasteiger partial charge is 0.281 e. The third kappa shape index (κ3) is 1.98. The second kappa shape index (κ2) is 5.22. The number of hydrogen-bond donors (Lipinski definition) is 1. The van der Waals surface area contributed by atoms with E-state index in [2.05, 4.69) is 4.98 Å². The number of nitrogens with zero attached hydrogens (tertiary/aromatic N) is 2. The Morgan fingerprint density at radius 1 is 0.900 bits per heavy atom. The van der Waals surface area contributed by atoms with E-state index in [1.807, 2.05) is 0 Å². The number of aromatic nitrogens is 1. The summed E-state index contributed by atoms with van der Waals surface area (Å²) in [5, 5.41) is 7.79. The first-order chi connectivity index (χ1) is 9.20. The third-order valence-corrected chi connectivity index (χ3v) is 2.93. The Hall–Kier alpha value is -2.53. The van der Waals surface area contributed by atoms with E-state index in [-0.39, 0.29) is 23.6 Å². The van der Waals surface area contributed by atoms with Gasteiger partial charge in [0.1, 0.15) is 0 Å². The molecule has 0 saturated carbocycles. The minimum Gasteiger partial charge on any atom is -0.281 e. The van der Waals surface area contributed by atoms with Crippen LogP contribution in [0.2, 0.25) is 0 Å². The van der Waals surface area contributed by atoms with Crippen LogP contribution in [0.25, 0.3) is 0 Å². The number of nitrogens with one attached hydrogen (secondary N) is 1. The average Bonchev–Trinajstić information content (AvgIpc) is 2.57. The summed E-state index contributed by atoms with van der Waals surface area (Å²) in [5.74, 6) is -0.829. The number of amides is 2. The first-order valence-electron chi connectivity index (χ1n) is 5.68. The van der Waals surface area contributed by atoms with Crippen molar-refractivity contribution in [2.75, 3.05) is 4.90 Å². The predicted molar refractivity (Wildman–Crippen MR) is 74.9 cm³/mol. The highest BCUT2D eigenvalue weighted by atomic mass is 35.5. The van der Waals surface area contributed by atoms with Crippen molar-refractivity contribution in [3.63, 3.8) is 0 Å². The standard InChI is InChI=1S/C14H9N3O2.ClH/c15-12-11(7-3-4-8-16-12)17-13(18)9-5-1-2-6-10(9)14(17)19;/h1-8,15H;1H. The van der Waals surface area contributed by atoms with Crippen LogP contribution in [0.1, 0.15) is 20.7 Å². The number of hydrogen-bond acceptors (Lipinski definition) is 4. The quantitative estimate of drug-likeness (QED) is 0.813. The van der Waals surface area contributed by atoms with Gasteiger partial charge in [0.2, 0.25) is 0 Å². The van der Waals surface area contributed by atoms with Gasteiger partial charge in [-0.2, -0.15) is 0 Å². The van der Waals surface area contributed by atoms with E-state index >= 15 is 0 Å². The van der Waals surface area contributed by atoms with Gasteiger partial charge in [-0.1, -0.05) is 18.2 Å². The van der Waals surface area contributed by atoms with Crippen LogP contribution >= 0.6 is 12.4 Å². The van der Waals surface area contributed by atoms with Gasteiger partial charge in [0.05, 0.1) is 16.8 Å². The van der Waals surface area contributed by atoms with Crippen LogP contribution in [0.5, 0.6) is 0 Å². The van der Waals surface area contributed by atoms with Crippen molar-refractivity contribution in [2.24, 2.45) is 0 Å². The van der Waals surface area contributed by atoms with Gasteiger partial charge in [-0.25, -0.2) is 9.88 Å². The zero-order valence-electron chi connectivity index (χ0n) is 10.2. The van der Waals surface area contributed by atoms with E-state index in [1.54, 1.807) is 36.4 Å². The highest BCUT2D eigenvalue weighted by Gasteiger charge is 2.36. The molecule has 1 aromatic heterocycles. The van der Waals surface area contributed by atoms with Crippen molar-refractivity contribution in [2.45, 2.75) is 0 Å². The molecule has 2 heterocycles. The predicted octanol–water partition coefficient (Wildman–Crippen LogP) is 1.78. The van der Waals surface area contributed by atoms with Gasteiger partial charge in [0.25, 0.3) is 11.8 Å². The summed E-state index contributed by atoms with van der Waals surface area (Å²) in [5.41, 5.74) is 0.799. The van der Waals surface area contributed by atoms with Crippen molar-refractivity contribution in [3.05, 3.63) is 65.3 Å². The van der Waals surface area contributed by atoms with Gasteiger partial charge in [0.15, 0.2) is 5.49 Å². The van der Waals surface area contributed by atoms with E-state index in [0.717, 1.165) is 4.90 Å². The molecule has 0 aliphatic carbocycles. The molecule has 100 valence electrons. The highest BCUT2D eigenvalue weighted by molar-refractivity contribution is 6.34. The van der Waals surface area contributed by atoms with Crippen molar-refractivity contribution >= 4 is 29.9 Å². The Balaban J connectivity index is 0.00000147. The second-order valence-electron chi connectivity index (χ2n) is 4.05. The number of carbonyl (C=O) groups is 2. The number of carbonyl (C=O) groups excluding carboxylic acids is 2. The number of anilines is 1. The van der Waals surface area contributed by atoms with Gasteiger partial charge in [-0.3, -0.25) is 15.0 Å². The molecule has 0 saturated heterocycles. The fourth-order valence-electron chi connectivity index (χ4n) is 2.05. The van der Waals surface area contributed by atoms with Crippen LogP contribution in [0.15, 0.2) is 48.7 Å². The molecule has 1 aromatic carbocycles. The van der Waals surface area contributed by atoms with E-state index in [1.165, 1.54) is 12.3 Å². The minimum absolute atomic E-state index is 0. The lowest BCUT2D eigenvalue weighted by molar-refractivity contribution is 0.0925. The lowest BCUT2D eigenvalue weighted by Gasteiger charge is -2.11. The van der Waals surface area contributed by atoms with Crippen LogP contribution in [-0.4, -0.2) is 16.8 Å². The molecule has 0 unspecified atom stereocenters. The smallest absolute Gasteiger partial charge is 0.266 e. The Kier molecular flexibility index (Phi) is 3.63. The lowest BCUT2D eigenvalue weighted by atomic mass is 10.1. The fourth-order valence-corrected chi connectivity index (χ4v) is 2.05. The zero-order chi connectivity index (χ0) is 13.4. The molecule has 1 N–H and O–H groups in total. The van der Waals surface area contributed by atoms with Crippen LogP contribution in [-0.2, 0) is 0 Å². The van der Waals surface area contributed by atoms with Gasteiger partial charge in [-0.05, 0) is 24.3 Å². The molecule has 6 heteroatoms. The number of fused-ring (bicyclic) bond motifs is 1.